The number of aryl methyl sites for hydroxylation is 1. The van der Waals surface area contributed by atoms with Crippen molar-refractivity contribution in [2.75, 3.05) is 0 Å². The van der Waals surface area contributed by atoms with E-state index in [1.807, 2.05) is 52.8 Å². The second-order valence-corrected chi connectivity index (χ2v) is 8.53. The van der Waals surface area contributed by atoms with E-state index in [-0.39, 0.29) is 22.6 Å². The molecule has 1 heterocycles. The molecule has 5 heteroatoms. The Balaban J connectivity index is 1.83. The second kappa shape index (κ2) is 5.60. The maximum absolute atomic E-state index is 12.6. The van der Waals surface area contributed by atoms with Crippen molar-refractivity contribution in [2.45, 2.75) is 77.5 Å². The third kappa shape index (κ3) is 3.00. The molecule has 1 aliphatic heterocycles. The van der Waals surface area contributed by atoms with Crippen LogP contribution in [0.15, 0.2) is 18.2 Å². The van der Waals surface area contributed by atoms with Crippen molar-refractivity contribution in [3.63, 3.8) is 0 Å². The highest BCUT2D eigenvalue weighted by molar-refractivity contribution is 6.62. The molecule has 24 heavy (non-hydrogen) atoms. The van der Waals surface area contributed by atoms with E-state index in [0.717, 1.165) is 23.9 Å². The third-order valence-electron chi connectivity index (χ3n) is 5.92. The van der Waals surface area contributed by atoms with E-state index < -0.39 is 7.12 Å². The minimum absolute atomic E-state index is 0.0185. The van der Waals surface area contributed by atoms with Gasteiger partial charge >= 0.3 is 7.12 Å². The normalized spacial score (nSPS) is 23.7. The Morgan fingerprint density at radius 1 is 1.08 bits per heavy atom. The molecule has 1 saturated heterocycles. The van der Waals surface area contributed by atoms with Crippen LogP contribution in [0.1, 0.15) is 69.8 Å². The molecule has 1 saturated carbocycles. The van der Waals surface area contributed by atoms with Crippen LogP contribution in [-0.4, -0.2) is 29.8 Å². The zero-order valence-electron chi connectivity index (χ0n) is 15.7. The van der Waals surface area contributed by atoms with Gasteiger partial charge in [-0.05, 0) is 78.4 Å². The van der Waals surface area contributed by atoms with Crippen LogP contribution >= 0.6 is 0 Å². The minimum atomic E-state index is -0.443. The topological polar surface area (TPSA) is 47.6 Å². The number of hydrogen-bond donors (Lipinski definition) is 1. The zero-order valence-corrected chi connectivity index (χ0v) is 15.7. The molecule has 130 valence electrons. The molecule has 1 aliphatic carbocycles. The van der Waals surface area contributed by atoms with Gasteiger partial charge in [0.05, 0.1) is 11.2 Å². The van der Waals surface area contributed by atoms with E-state index in [1.54, 1.807) is 0 Å². The number of amides is 1. The Labute approximate surface area is 145 Å². The molecule has 0 bridgehead atoms. The average molecular weight is 329 g/mol. The molecule has 1 aromatic rings. The predicted molar refractivity (Wildman–Crippen MR) is 96.6 cm³/mol. The van der Waals surface area contributed by atoms with Gasteiger partial charge in [-0.25, -0.2) is 0 Å². The Morgan fingerprint density at radius 3 is 2.17 bits per heavy atom. The van der Waals surface area contributed by atoms with Crippen LogP contribution in [-0.2, 0) is 9.31 Å². The lowest BCUT2D eigenvalue weighted by Gasteiger charge is -2.39. The van der Waals surface area contributed by atoms with Gasteiger partial charge in [0.25, 0.3) is 5.91 Å². The van der Waals surface area contributed by atoms with Gasteiger partial charge in [0.2, 0.25) is 0 Å². The van der Waals surface area contributed by atoms with Crippen molar-refractivity contribution in [1.82, 2.24) is 5.32 Å². The van der Waals surface area contributed by atoms with Gasteiger partial charge in [0.1, 0.15) is 0 Å². The first-order valence-electron chi connectivity index (χ1n) is 8.82. The fraction of sp³-hybridized carbons (Fsp3) is 0.632. The molecule has 3 rings (SSSR count). The molecular formula is C19H28BNO3. The summed E-state index contributed by atoms with van der Waals surface area (Å²) in [5.74, 6) is -0.0185. The molecule has 0 radical (unpaired) electrons. The van der Waals surface area contributed by atoms with Gasteiger partial charge in [-0.15, -0.1) is 0 Å². The molecule has 1 aromatic carbocycles. The lowest BCUT2D eigenvalue weighted by atomic mass is 9.75. The summed E-state index contributed by atoms with van der Waals surface area (Å²) in [5, 5.41) is 3.16. The van der Waals surface area contributed by atoms with Crippen molar-refractivity contribution in [3.05, 3.63) is 29.3 Å². The Morgan fingerprint density at radius 2 is 1.67 bits per heavy atom. The maximum atomic E-state index is 12.6. The van der Waals surface area contributed by atoms with E-state index in [0.29, 0.717) is 5.56 Å². The molecule has 1 N–H and O–H groups in total. The highest BCUT2D eigenvalue weighted by atomic mass is 16.7. The van der Waals surface area contributed by atoms with Crippen molar-refractivity contribution in [2.24, 2.45) is 0 Å². The molecule has 1 amide bonds. The molecule has 0 atom stereocenters. The first-order chi connectivity index (χ1) is 11.0. The number of rotatable bonds is 3. The van der Waals surface area contributed by atoms with Crippen molar-refractivity contribution < 1.29 is 14.1 Å². The van der Waals surface area contributed by atoms with Gasteiger partial charge in [-0.3, -0.25) is 4.79 Å². The summed E-state index contributed by atoms with van der Waals surface area (Å²) in [4.78, 5) is 12.6. The lowest BCUT2D eigenvalue weighted by Crippen LogP contribution is -2.51. The Hall–Kier alpha value is -1.33. The fourth-order valence-corrected chi connectivity index (χ4v) is 3.18. The molecule has 0 spiro atoms. The van der Waals surface area contributed by atoms with Crippen LogP contribution in [0.5, 0.6) is 0 Å². The first kappa shape index (κ1) is 17.5. The highest BCUT2D eigenvalue weighted by Crippen LogP contribution is 2.36. The van der Waals surface area contributed by atoms with E-state index in [4.69, 9.17) is 9.31 Å². The van der Waals surface area contributed by atoms with Crippen LogP contribution < -0.4 is 10.8 Å². The summed E-state index contributed by atoms with van der Waals surface area (Å²) in [5.41, 5.74) is 1.84. The summed E-state index contributed by atoms with van der Waals surface area (Å²) in [6.45, 7) is 12.3. The van der Waals surface area contributed by atoms with Crippen LogP contribution in [0.2, 0.25) is 0 Å². The third-order valence-corrected chi connectivity index (χ3v) is 5.92. The number of hydrogen-bond acceptors (Lipinski definition) is 3. The van der Waals surface area contributed by atoms with E-state index >= 15 is 0 Å². The number of benzene rings is 1. The molecule has 0 unspecified atom stereocenters. The van der Waals surface area contributed by atoms with Gasteiger partial charge < -0.3 is 14.6 Å². The molecule has 2 fully saturated rings. The summed E-state index contributed by atoms with van der Waals surface area (Å²) >= 11 is 0. The lowest BCUT2D eigenvalue weighted by molar-refractivity contribution is 0.00578. The average Bonchev–Trinajstić information content (AvgIpc) is 2.66. The Bertz CT molecular complexity index is 649. The van der Waals surface area contributed by atoms with Crippen LogP contribution in [0.25, 0.3) is 0 Å². The maximum Gasteiger partial charge on any atom is 0.495 e. The smallest absolute Gasteiger partial charge is 0.399 e. The summed E-state index contributed by atoms with van der Waals surface area (Å²) in [7, 11) is -0.443. The monoisotopic (exact) mass is 329 g/mol. The summed E-state index contributed by atoms with van der Waals surface area (Å²) < 4.78 is 12.3. The predicted octanol–water partition coefficient (Wildman–Crippen LogP) is 2.97. The molecule has 4 nitrogen and oxygen atoms in total. The van der Waals surface area contributed by atoms with Gasteiger partial charge in [-0.2, -0.15) is 0 Å². The van der Waals surface area contributed by atoms with Crippen LogP contribution in [0.4, 0.5) is 0 Å². The summed E-state index contributed by atoms with van der Waals surface area (Å²) in [6.07, 6.45) is 3.28. The molecular weight excluding hydrogens is 301 g/mol. The van der Waals surface area contributed by atoms with E-state index in [2.05, 4.69) is 12.2 Å². The summed E-state index contributed by atoms with van der Waals surface area (Å²) in [6, 6.07) is 5.76. The van der Waals surface area contributed by atoms with Gasteiger partial charge in [0, 0.05) is 11.1 Å². The first-order valence-corrected chi connectivity index (χ1v) is 8.82. The second-order valence-electron chi connectivity index (χ2n) is 8.53. The molecule has 0 aromatic heterocycles. The largest absolute Gasteiger partial charge is 0.495 e. The van der Waals surface area contributed by atoms with Crippen molar-refractivity contribution in [1.29, 1.82) is 0 Å². The number of carbonyl (C=O) groups is 1. The fourth-order valence-electron chi connectivity index (χ4n) is 3.18. The standard InChI is InChI=1S/C19H28BNO3/c1-13-8-9-14(16(22)21-19(6)10-7-11-19)12-15(13)20-23-17(2,3)18(4,5)24-20/h8-9,12H,7,10-11H2,1-6H3,(H,21,22). The number of carbonyl (C=O) groups excluding carboxylic acids is 1. The molecule has 2 aliphatic rings. The van der Waals surface area contributed by atoms with Crippen LogP contribution in [0, 0.1) is 6.92 Å². The van der Waals surface area contributed by atoms with Crippen LogP contribution in [0.3, 0.4) is 0 Å². The number of nitrogens with one attached hydrogen (secondary N) is 1. The van der Waals surface area contributed by atoms with Gasteiger partial charge in [-0.1, -0.05) is 11.6 Å². The van der Waals surface area contributed by atoms with E-state index in [1.165, 1.54) is 6.42 Å². The Kier molecular flexibility index (Phi) is 4.08. The van der Waals surface area contributed by atoms with Crippen molar-refractivity contribution >= 4 is 18.5 Å². The SMILES string of the molecule is Cc1ccc(C(=O)NC2(C)CCC2)cc1B1OC(C)(C)C(C)(C)O1. The minimum Gasteiger partial charge on any atom is -0.399 e. The highest BCUT2D eigenvalue weighted by Gasteiger charge is 2.52. The quantitative estimate of drug-likeness (QED) is 0.868. The zero-order chi connectivity index (χ0) is 17.8. The van der Waals surface area contributed by atoms with Crippen molar-refractivity contribution in [3.8, 4) is 0 Å². The van der Waals surface area contributed by atoms with E-state index in [9.17, 15) is 4.79 Å². The van der Waals surface area contributed by atoms with Gasteiger partial charge in [0.15, 0.2) is 0 Å².